The molecule has 0 bridgehead atoms. The number of hydrogen-bond donors (Lipinski definition) is 2. The van der Waals surface area contributed by atoms with Crippen molar-refractivity contribution in [2.45, 2.75) is 19.9 Å². The smallest absolute Gasteiger partial charge is 0.260 e. The Morgan fingerprint density at radius 1 is 1.09 bits per heavy atom. The topological polar surface area (TPSA) is 83.0 Å². The fourth-order valence-corrected chi connectivity index (χ4v) is 4.55. The molecule has 2 N–H and O–H groups in total. The molecular formula is C28H29N5O2. The van der Waals surface area contributed by atoms with E-state index in [0.717, 1.165) is 39.5 Å². The summed E-state index contributed by atoms with van der Waals surface area (Å²) in [6.07, 6.45) is 4.32. The Morgan fingerprint density at radius 2 is 1.91 bits per heavy atom. The van der Waals surface area contributed by atoms with Crippen LogP contribution in [0.1, 0.15) is 21.5 Å². The molecule has 0 aliphatic carbocycles. The number of para-hydroxylation sites is 2. The Morgan fingerprint density at radius 3 is 2.74 bits per heavy atom. The first-order valence-corrected chi connectivity index (χ1v) is 11.8. The van der Waals surface area contributed by atoms with Gasteiger partial charge in [-0.05, 0) is 50.7 Å². The van der Waals surface area contributed by atoms with Gasteiger partial charge in [-0.15, -0.1) is 0 Å². The molecule has 7 heteroatoms. The molecule has 0 saturated carbocycles. The Balaban J connectivity index is 1.59. The molecule has 0 aliphatic rings. The molecule has 0 radical (unpaired) electrons. The monoisotopic (exact) mass is 467 g/mol. The molecule has 0 fully saturated rings. The van der Waals surface area contributed by atoms with Gasteiger partial charge in [0.1, 0.15) is 0 Å². The lowest BCUT2D eigenvalue weighted by atomic mass is 10.1. The van der Waals surface area contributed by atoms with Gasteiger partial charge in [0.2, 0.25) is 0 Å². The maximum Gasteiger partial charge on any atom is 0.260 e. The van der Waals surface area contributed by atoms with Crippen LogP contribution in [0.15, 0.2) is 65.7 Å². The van der Waals surface area contributed by atoms with Gasteiger partial charge in [-0.25, -0.2) is 4.98 Å². The highest BCUT2D eigenvalue weighted by Crippen LogP contribution is 2.23. The summed E-state index contributed by atoms with van der Waals surface area (Å²) in [5, 5.41) is 5.48. The minimum absolute atomic E-state index is 0.138. The van der Waals surface area contributed by atoms with E-state index < -0.39 is 0 Å². The number of aryl methyl sites for hydroxylation is 3. The van der Waals surface area contributed by atoms with E-state index in [1.54, 1.807) is 10.8 Å². The summed E-state index contributed by atoms with van der Waals surface area (Å²) in [5.41, 5.74) is 4.74. The van der Waals surface area contributed by atoms with Crippen molar-refractivity contribution < 1.29 is 4.79 Å². The number of nitrogens with zero attached hydrogens (tertiary/aromatic N) is 3. The van der Waals surface area contributed by atoms with Crippen LogP contribution in [0.3, 0.4) is 0 Å². The van der Waals surface area contributed by atoms with E-state index in [1.807, 2.05) is 74.6 Å². The fourth-order valence-electron chi connectivity index (χ4n) is 4.55. The molecule has 5 rings (SSSR count). The van der Waals surface area contributed by atoms with Crippen molar-refractivity contribution in [2.24, 2.45) is 0 Å². The van der Waals surface area contributed by atoms with Crippen LogP contribution < -0.4 is 10.9 Å². The van der Waals surface area contributed by atoms with Gasteiger partial charge in [-0.1, -0.05) is 36.4 Å². The van der Waals surface area contributed by atoms with Gasteiger partial charge < -0.3 is 19.8 Å². The maximum atomic E-state index is 13.5. The molecule has 0 unspecified atom stereocenters. The number of aromatic amines is 1. The number of hydrogen-bond acceptors (Lipinski definition) is 4. The zero-order valence-corrected chi connectivity index (χ0v) is 20.3. The second kappa shape index (κ2) is 9.35. The average molecular weight is 468 g/mol. The van der Waals surface area contributed by atoms with E-state index in [1.165, 1.54) is 0 Å². The third-order valence-electron chi connectivity index (χ3n) is 6.47. The Hall–Kier alpha value is -3.97. The maximum absolute atomic E-state index is 13.5. The van der Waals surface area contributed by atoms with Crippen LogP contribution in [-0.2, 0) is 13.0 Å². The number of aromatic nitrogens is 3. The Kier molecular flexibility index (Phi) is 6.09. The molecule has 0 atom stereocenters. The third-order valence-corrected chi connectivity index (χ3v) is 6.47. The Bertz CT molecular complexity index is 1610. The van der Waals surface area contributed by atoms with Gasteiger partial charge in [0.25, 0.3) is 11.5 Å². The molecule has 3 heterocycles. The molecule has 178 valence electrons. The average Bonchev–Trinajstić information content (AvgIpc) is 3.26. The first-order valence-electron chi connectivity index (χ1n) is 11.8. The predicted octanol–water partition coefficient (Wildman–Crippen LogP) is 3.87. The molecule has 1 amide bonds. The molecule has 7 nitrogen and oxygen atoms in total. The van der Waals surface area contributed by atoms with Crippen molar-refractivity contribution in [3.8, 4) is 0 Å². The number of rotatable bonds is 7. The number of nitrogens with one attached hydrogen (secondary N) is 2. The van der Waals surface area contributed by atoms with Gasteiger partial charge in [0.15, 0.2) is 0 Å². The van der Waals surface area contributed by atoms with Crippen LogP contribution in [0.2, 0.25) is 0 Å². The minimum atomic E-state index is -0.224. The van der Waals surface area contributed by atoms with Crippen LogP contribution in [0, 0.1) is 6.92 Å². The van der Waals surface area contributed by atoms with Crippen molar-refractivity contribution in [3.63, 3.8) is 0 Å². The number of H-pyrrole nitrogens is 1. The van der Waals surface area contributed by atoms with Crippen LogP contribution in [0.5, 0.6) is 0 Å². The van der Waals surface area contributed by atoms with Gasteiger partial charge in [-0.3, -0.25) is 9.59 Å². The van der Waals surface area contributed by atoms with E-state index >= 15 is 0 Å². The standard InChI is InChI=1S/C28H29N5O2/c1-18-7-6-8-19-15-22-26(31-25(18)19)23(27(34)29-12-14-32(2)3)17-33(28(22)35)13-11-20-16-30-24-10-5-4-9-21(20)24/h4-10,15-17,30H,11-14H2,1-3H3,(H,29,34). The van der Waals surface area contributed by atoms with Crippen LogP contribution in [-0.4, -0.2) is 52.5 Å². The number of likely N-dealkylation sites (N-methyl/N-ethyl adjacent to an activating group) is 1. The summed E-state index contributed by atoms with van der Waals surface area (Å²) in [5.74, 6) is -0.224. The third kappa shape index (κ3) is 4.42. The lowest BCUT2D eigenvalue weighted by Gasteiger charge is -2.14. The van der Waals surface area contributed by atoms with Gasteiger partial charge in [0.05, 0.1) is 22.0 Å². The first-order chi connectivity index (χ1) is 16.9. The summed E-state index contributed by atoms with van der Waals surface area (Å²) >= 11 is 0. The number of benzene rings is 2. The van der Waals surface area contributed by atoms with Gasteiger partial charge >= 0.3 is 0 Å². The number of carbonyl (C=O) groups excluding carboxylic acids is 1. The number of fused-ring (bicyclic) bond motifs is 3. The second-order valence-electron chi connectivity index (χ2n) is 9.24. The van der Waals surface area contributed by atoms with E-state index in [-0.39, 0.29) is 11.5 Å². The minimum Gasteiger partial charge on any atom is -0.361 e. The first kappa shape index (κ1) is 22.8. The highest BCUT2D eigenvalue weighted by atomic mass is 16.2. The molecular weight excluding hydrogens is 438 g/mol. The number of amides is 1. The zero-order valence-electron chi connectivity index (χ0n) is 20.3. The summed E-state index contributed by atoms with van der Waals surface area (Å²) < 4.78 is 1.65. The van der Waals surface area contributed by atoms with Crippen LogP contribution >= 0.6 is 0 Å². The zero-order chi connectivity index (χ0) is 24.5. The normalized spacial score (nSPS) is 11.7. The molecule has 3 aromatic heterocycles. The lowest BCUT2D eigenvalue weighted by molar-refractivity contribution is 0.0951. The number of carbonyl (C=O) groups is 1. The molecule has 0 spiro atoms. The summed E-state index contributed by atoms with van der Waals surface area (Å²) in [6, 6.07) is 15.9. The quantitative estimate of drug-likeness (QED) is 0.356. The molecule has 5 aromatic rings. The molecule has 2 aromatic carbocycles. The van der Waals surface area contributed by atoms with Crippen molar-refractivity contribution in [1.82, 2.24) is 24.8 Å². The van der Waals surface area contributed by atoms with Gasteiger partial charge in [-0.2, -0.15) is 0 Å². The van der Waals surface area contributed by atoms with Crippen LogP contribution in [0.4, 0.5) is 0 Å². The molecule has 0 saturated heterocycles. The van der Waals surface area contributed by atoms with Gasteiger partial charge in [0, 0.05) is 48.3 Å². The van der Waals surface area contributed by atoms with Crippen molar-refractivity contribution in [3.05, 3.63) is 88.0 Å². The van der Waals surface area contributed by atoms with Crippen molar-refractivity contribution >= 4 is 38.6 Å². The summed E-state index contributed by atoms with van der Waals surface area (Å²) in [7, 11) is 3.92. The molecule has 0 aliphatic heterocycles. The highest BCUT2D eigenvalue weighted by Gasteiger charge is 2.18. The van der Waals surface area contributed by atoms with E-state index in [4.69, 9.17) is 4.98 Å². The highest BCUT2D eigenvalue weighted by molar-refractivity contribution is 6.07. The predicted molar refractivity (Wildman–Crippen MR) is 141 cm³/mol. The lowest BCUT2D eigenvalue weighted by Crippen LogP contribution is -2.33. The van der Waals surface area contributed by atoms with Crippen LogP contribution in [0.25, 0.3) is 32.7 Å². The van der Waals surface area contributed by atoms with E-state index in [0.29, 0.717) is 36.0 Å². The van der Waals surface area contributed by atoms with Crippen molar-refractivity contribution in [2.75, 3.05) is 27.2 Å². The SMILES string of the molecule is Cc1cccc2cc3c(=O)n(CCc4c[nH]c5ccccc45)cc(C(=O)NCCN(C)C)c3nc12. The molecule has 35 heavy (non-hydrogen) atoms. The second-order valence-corrected chi connectivity index (χ2v) is 9.24. The largest absolute Gasteiger partial charge is 0.361 e. The summed E-state index contributed by atoms with van der Waals surface area (Å²) in [4.78, 5) is 36.9. The van der Waals surface area contributed by atoms with E-state index in [9.17, 15) is 9.59 Å². The number of pyridine rings is 2. The fraction of sp³-hybridized carbons (Fsp3) is 0.250. The Labute approximate surface area is 203 Å². The summed E-state index contributed by atoms with van der Waals surface area (Å²) in [6.45, 7) is 3.68. The van der Waals surface area contributed by atoms with E-state index in [2.05, 4.69) is 16.4 Å². The van der Waals surface area contributed by atoms with Crippen molar-refractivity contribution in [1.29, 1.82) is 0 Å².